The van der Waals surface area contributed by atoms with E-state index in [1.807, 2.05) is 50.2 Å². The van der Waals surface area contributed by atoms with Crippen LogP contribution in [-0.4, -0.2) is 6.54 Å². The number of hydrogen-bond donors (Lipinski definition) is 0. The molecule has 0 atom stereocenters. The lowest BCUT2D eigenvalue weighted by atomic mass is 10.0. The van der Waals surface area contributed by atoms with Crippen LogP contribution in [0, 0.1) is 13.8 Å². The molecule has 0 amide bonds. The quantitative estimate of drug-likeness (QED) is 0.668. The minimum Gasteiger partial charge on any atom is -0.422 e. The van der Waals surface area contributed by atoms with Gasteiger partial charge in [0.05, 0.1) is 12.1 Å². The molecule has 3 heteroatoms. The summed E-state index contributed by atoms with van der Waals surface area (Å²) in [5.74, 6) is 0. The van der Waals surface area contributed by atoms with E-state index in [-0.39, 0.29) is 5.63 Å². The summed E-state index contributed by atoms with van der Waals surface area (Å²) in [5, 5.41) is 1.02. The first-order valence-corrected chi connectivity index (χ1v) is 7.93. The summed E-state index contributed by atoms with van der Waals surface area (Å²) in [7, 11) is 0. The highest BCUT2D eigenvalue weighted by Crippen LogP contribution is 2.24. The molecule has 1 heterocycles. The van der Waals surface area contributed by atoms with Crippen molar-refractivity contribution < 1.29 is 4.42 Å². The van der Waals surface area contributed by atoms with Gasteiger partial charge in [-0.3, -0.25) is 0 Å². The summed E-state index contributed by atoms with van der Waals surface area (Å²) in [6, 6.07) is 16.1. The van der Waals surface area contributed by atoms with E-state index in [1.54, 1.807) is 0 Å². The van der Waals surface area contributed by atoms with Crippen LogP contribution in [0.5, 0.6) is 0 Å². The van der Waals surface area contributed by atoms with Gasteiger partial charge in [-0.1, -0.05) is 36.4 Å². The van der Waals surface area contributed by atoms with Crippen LogP contribution < -0.4 is 10.5 Å². The van der Waals surface area contributed by atoms with Crippen molar-refractivity contribution in [2.75, 3.05) is 11.4 Å². The molecular weight excluding hydrogens is 286 g/mol. The SMILES string of the molecule is CCN(Cc1c(C)c2cccc(C)c2oc1=O)c1ccccc1. The summed E-state index contributed by atoms with van der Waals surface area (Å²) < 4.78 is 5.60. The van der Waals surface area contributed by atoms with Crippen molar-refractivity contribution in [2.24, 2.45) is 0 Å². The number of para-hydroxylation sites is 2. The predicted molar refractivity (Wildman–Crippen MR) is 95.1 cm³/mol. The molecule has 2 aromatic carbocycles. The summed E-state index contributed by atoms with van der Waals surface area (Å²) in [5.41, 5.74) is 4.30. The van der Waals surface area contributed by atoms with Crippen LogP contribution in [0.4, 0.5) is 5.69 Å². The number of hydrogen-bond acceptors (Lipinski definition) is 3. The van der Waals surface area contributed by atoms with E-state index in [9.17, 15) is 4.79 Å². The van der Waals surface area contributed by atoms with Crippen molar-refractivity contribution in [3.8, 4) is 0 Å². The van der Waals surface area contributed by atoms with Crippen molar-refractivity contribution in [2.45, 2.75) is 27.3 Å². The van der Waals surface area contributed by atoms with Gasteiger partial charge in [-0.15, -0.1) is 0 Å². The molecule has 3 rings (SSSR count). The molecule has 3 aromatic rings. The van der Waals surface area contributed by atoms with Gasteiger partial charge in [0.25, 0.3) is 0 Å². The highest BCUT2D eigenvalue weighted by Gasteiger charge is 2.15. The Morgan fingerprint density at radius 1 is 1.00 bits per heavy atom. The monoisotopic (exact) mass is 307 g/mol. The highest BCUT2D eigenvalue weighted by atomic mass is 16.4. The molecule has 3 nitrogen and oxygen atoms in total. The zero-order chi connectivity index (χ0) is 16.4. The molecule has 1 aromatic heterocycles. The van der Waals surface area contributed by atoms with E-state index in [0.29, 0.717) is 12.1 Å². The molecule has 0 unspecified atom stereocenters. The normalized spacial score (nSPS) is 10.9. The molecule has 0 spiro atoms. The molecule has 0 saturated heterocycles. The first-order chi connectivity index (χ1) is 11.1. The van der Waals surface area contributed by atoms with Crippen LogP contribution in [0.2, 0.25) is 0 Å². The van der Waals surface area contributed by atoms with Crippen LogP contribution in [0.25, 0.3) is 11.0 Å². The van der Waals surface area contributed by atoms with Gasteiger partial charge < -0.3 is 9.32 Å². The van der Waals surface area contributed by atoms with Gasteiger partial charge in [0.2, 0.25) is 0 Å². The minimum absolute atomic E-state index is 0.237. The average molecular weight is 307 g/mol. The molecule has 0 fully saturated rings. The first-order valence-electron chi connectivity index (χ1n) is 7.93. The maximum absolute atomic E-state index is 12.5. The van der Waals surface area contributed by atoms with Gasteiger partial charge in [0, 0.05) is 17.6 Å². The van der Waals surface area contributed by atoms with Crippen LogP contribution in [-0.2, 0) is 6.54 Å². The fraction of sp³-hybridized carbons (Fsp3) is 0.250. The third-order valence-corrected chi connectivity index (χ3v) is 4.36. The molecule has 0 aliphatic rings. The lowest BCUT2D eigenvalue weighted by Crippen LogP contribution is -2.26. The minimum atomic E-state index is -0.237. The molecule has 118 valence electrons. The molecule has 0 aliphatic heterocycles. The third-order valence-electron chi connectivity index (χ3n) is 4.36. The van der Waals surface area contributed by atoms with Gasteiger partial charge in [0.15, 0.2) is 0 Å². The van der Waals surface area contributed by atoms with Gasteiger partial charge in [-0.2, -0.15) is 0 Å². The second-order valence-electron chi connectivity index (χ2n) is 5.79. The number of nitrogens with zero attached hydrogens (tertiary/aromatic N) is 1. The fourth-order valence-electron chi connectivity index (χ4n) is 2.95. The Balaban J connectivity index is 2.08. The molecule has 0 saturated carbocycles. The number of anilines is 1. The van der Waals surface area contributed by atoms with E-state index in [1.165, 1.54) is 0 Å². The van der Waals surface area contributed by atoms with Crippen molar-refractivity contribution in [3.63, 3.8) is 0 Å². The zero-order valence-corrected chi connectivity index (χ0v) is 13.8. The first kappa shape index (κ1) is 15.3. The number of aryl methyl sites for hydroxylation is 2. The van der Waals surface area contributed by atoms with Crippen molar-refractivity contribution in [1.29, 1.82) is 0 Å². The largest absolute Gasteiger partial charge is 0.422 e. The zero-order valence-electron chi connectivity index (χ0n) is 13.8. The van der Waals surface area contributed by atoms with E-state index in [2.05, 4.69) is 24.0 Å². The van der Waals surface area contributed by atoms with E-state index < -0.39 is 0 Å². The Bertz CT molecular complexity index is 881. The topological polar surface area (TPSA) is 33.5 Å². The lowest BCUT2D eigenvalue weighted by Gasteiger charge is -2.23. The number of benzene rings is 2. The number of fused-ring (bicyclic) bond motifs is 1. The van der Waals surface area contributed by atoms with Gasteiger partial charge in [0.1, 0.15) is 5.58 Å². The molecule has 0 radical (unpaired) electrons. The predicted octanol–water partition coefficient (Wildman–Crippen LogP) is 4.44. The second-order valence-corrected chi connectivity index (χ2v) is 5.79. The molecular formula is C20H21NO2. The van der Waals surface area contributed by atoms with Crippen LogP contribution in [0.3, 0.4) is 0 Å². The molecule has 0 aliphatic carbocycles. The van der Waals surface area contributed by atoms with E-state index in [4.69, 9.17) is 4.42 Å². The molecule has 0 N–H and O–H groups in total. The lowest BCUT2D eigenvalue weighted by molar-refractivity contribution is 0.544. The summed E-state index contributed by atoms with van der Waals surface area (Å²) in [6.07, 6.45) is 0. The number of rotatable bonds is 4. The van der Waals surface area contributed by atoms with Crippen LogP contribution >= 0.6 is 0 Å². The Kier molecular flexibility index (Phi) is 4.20. The maximum atomic E-state index is 12.5. The average Bonchev–Trinajstić information content (AvgIpc) is 2.57. The maximum Gasteiger partial charge on any atom is 0.341 e. The standard InChI is InChI=1S/C20H21NO2/c1-4-21(16-10-6-5-7-11-16)13-18-15(3)17-12-8-9-14(2)19(17)23-20(18)22/h5-12H,4,13H2,1-3H3. The van der Waals surface area contributed by atoms with Crippen molar-refractivity contribution >= 4 is 16.7 Å². The Morgan fingerprint density at radius 3 is 2.43 bits per heavy atom. The van der Waals surface area contributed by atoms with Crippen LogP contribution in [0.15, 0.2) is 57.7 Å². The molecule has 23 heavy (non-hydrogen) atoms. The summed E-state index contributed by atoms with van der Waals surface area (Å²) in [4.78, 5) is 14.7. The van der Waals surface area contributed by atoms with Gasteiger partial charge in [-0.25, -0.2) is 4.79 Å². The van der Waals surface area contributed by atoms with Gasteiger partial charge in [-0.05, 0) is 44.0 Å². The van der Waals surface area contributed by atoms with Crippen LogP contribution in [0.1, 0.15) is 23.6 Å². The Hall–Kier alpha value is -2.55. The highest BCUT2D eigenvalue weighted by molar-refractivity contribution is 5.83. The van der Waals surface area contributed by atoms with E-state index >= 15 is 0 Å². The van der Waals surface area contributed by atoms with Crippen molar-refractivity contribution in [3.05, 3.63) is 75.6 Å². The third kappa shape index (κ3) is 2.87. The summed E-state index contributed by atoms with van der Waals surface area (Å²) >= 11 is 0. The van der Waals surface area contributed by atoms with Gasteiger partial charge >= 0.3 is 5.63 Å². The second kappa shape index (κ2) is 6.29. The van der Waals surface area contributed by atoms with E-state index in [0.717, 1.165) is 34.3 Å². The Labute approximate surface area is 136 Å². The van der Waals surface area contributed by atoms with Crippen molar-refractivity contribution in [1.82, 2.24) is 0 Å². The summed E-state index contributed by atoms with van der Waals surface area (Å²) in [6.45, 7) is 7.45. The molecule has 0 bridgehead atoms. The fourth-order valence-corrected chi connectivity index (χ4v) is 2.95. The Morgan fingerprint density at radius 2 is 1.74 bits per heavy atom. The smallest absolute Gasteiger partial charge is 0.341 e.